The van der Waals surface area contributed by atoms with Gasteiger partial charge in [-0.1, -0.05) is 6.92 Å². The molecule has 3 heteroatoms. The number of hydrogen-bond acceptors (Lipinski definition) is 2. The lowest BCUT2D eigenvalue weighted by molar-refractivity contribution is 0.0319. The molecule has 80 valence electrons. The number of carbonyl (C=O) groups excluding carboxylic acids is 1. The highest BCUT2D eigenvalue weighted by atomic mass is 127. The molecule has 1 aliphatic heterocycles. The van der Waals surface area contributed by atoms with Crippen LogP contribution >= 0.6 is 22.6 Å². The molecule has 0 saturated carbocycles. The van der Waals surface area contributed by atoms with Crippen LogP contribution in [-0.4, -0.2) is 11.4 Å². The van der Waals surface area contributed by atoms with Gasteiger partial charge in [0.2, 0.25) is 0 Å². The van der Waals surface area contributed by atoms with Crippen molar-refractivity contribution in [1.29, 1.82) is 0 Å². The molecule has 0 N–H and O–H groups in total. The first-order valence-electron chi connectivity index (χ1n) is 4.94. The second-order valence-corrected chi connectivity index (χ2v) is 5.68. The third-order valence-corrected chi connectivity index (χ3v) is 3.69. The van der Waals surface area contributed by atoms with E-state index in [9.17, 15) is 4.79 Å². The maximum Gasteiger partial charge on any atom is 0.173 e. The third-order valence-electron chi connectivity index (χ3n) is 3.02. The van der Waals surface area contributed by atoms with E-state index in [-0.39, 0.29) is 11.7 Å². The standard InChI is InChI=1S/C12H13IO2/c1-7-11(14)9-6-8(13)4-5-10(9)15-12(7,2)3/h4-7H,1-3H3. The van der Waals surface area contributed by atoms with Gasteiger partial charge in [0.15, 0.2) is 5.78 Å². The van der Waals surface area contributed by atoms with Crippen LogP contribution in [0.3, 0.4) is 0 Å². The van der Waals surface area contributed by atoms with E-state index in [4.69, 9.17) is 4.74 Å². The predicted octanol–water partition coefficient (Wildman–Crippen LogP) is 3.28. The topological polar surface area (TPSA) is 26.3 Å². The zero-order chi connectivity index (χ0) is 11.2. The quantitative estimate of drug-likeness (QED) is 0.687. The van der Waals surface area contributed by atoms with Gasteiger partial charge >= 0.3 is 0 Å². The van der Waals surface area contributed by atoms with E-state index >= 15 is 0 Å². The summed E-state index contributed by atoms with van der Waals surface area (Å²) < 4.78 is 6.90. The van der Waals surface area contributed by atoms with Crippen molar-refractivity contribution in [3.63, 3.8) is 0 Å². The largest absolute Gasteiger partial charge is 0.486 e. The molecule has 0 aliphatic carbocycles. The van der Waals surface area contributed by atoms with Crippen molar-refractivity contribution in [2.45, 2.75) is 26.4 Å². The van der Waals surface area contributed by atoms with Crippen molar-refractivity contribution in [2.75, 3.05) is 0 Å². The highest BCUT2D eigenvalue weighted by Crippen LogP contribution is 2.37. The van der Waals surface area contributed by atoms with Crippen molar-refractivity contribution in [1.82, 2.24) is 0 Å². The maximum absolute atomic E-state index is 12.1. The number of ether oxygens (including phenoxy) is 1. The molecule has 0 amide bonds. The van der Waals surface area contributed by atoms with E-state index in [2.05, 4.69) is 22.6 Å². The Hall–Kier alpha value is -0.580. The number of Topliss-reactive ketones (excluding diaryl/α,β-unsaturated/α-hetero) is 1. The van der Waals surface area contributed by atoms with E-state index in [1.165, 1.54) is 0 Å². The van der Waals surface area contributed by atoms with Gasteiger partial charge in [-0.3, -0.25) is 4.79 Å². The fourth-order valence-electron chi connectivity index (χ4n) is 1.70. The molecule has 2 rings (SSSR count). The SMILES string of the molecule is CC1C(=O)c2cc(I)ccc2OC1(C)C. The van der Waals surface area contributed by atoms with Gasteiger partial charge in [0.05, 0.1) is 11.5 Å². The molecule has 0 radical (unpaired) electrons. The number of ketones is 1. The third kappa shape index (κ3) is 1.77. The molecule has 0 spiro atoms. The van der Waals surface area contributed by atoms with Crippen molar-refractivity contribution >= 4 is 28.4 Å². The number of fused-ring (bicyclic) bond motifs is 1. The van der Waals surface area contributed by atoms with Gasteiger partial charge in [-0.15, -0.1) is 0 Å². The Morgan fingerprint density at radius 1 is 1.40 bits per heavy atom. The molecule has 0 bridgehead atoms. The van der Waals surface area contributed by atoms with Crippen LogP contribution in [-0.2, 0) is 0 Å². The zero-order valence-corrected chi connectivity index (χ0v) is 11.2. The molecule has 1 aromatic rings. The Labute approximate surface area is 103 Å². The first-order valence-corrected chi connectivity index (χ1v) is 6.02. The number of carbonyl (C=O) groups is 1. The van der Waals surface area contributed by atoms with Crippen LogP contribution in [0.15, 0.2) is 18.2 Å². The summed E-state index contributed by atoms with van der Waals surface area (Å²) in [6.45, 7) is 5.83. The Balaban J connectivity index is 2.55. The summed E-state index contributed by atoms with van der Waals surface area (Å²) in [7, 11) is 0. The highest BCUT2D eigenvalue weighted by molar-refractivity contribution is 14.1. The fourth-order valence-corrected chi connectivity index (χ4v) is 2.20. The molecular weight excluding hydrogens is 303 g/mol. The lowest BCUT2D eigenvalue weighted by Gasteiger charge is -2.37. The minimum atomic E-state index is -0.406. The van der Waals surface area contributed by atoms with Crippen LogP contribution in [0.5, 0.6) is 5.75 Å². The number of benzene rings is 1. The van der Waals surface area contributed by atoms with Gasteiger partial charge in [-0.2, -0.15) is 0 Å². The molecule has 1 heterocycles. The summed E-state index contributed by atoms with van der Waals surface area (Å²) in [4.78, 5) is 12.1. The zero-order valence-electron chi connectivity index (χ0n) is 9.00. The molecule has 0 saturated heterocycles. The lowest BCUT2D eigenvalue weighted by Crippen LogP contribution is -2.44. The maximum atomic E-state index is 12.1. The van der Waals surface area contributed by atoms with Crippen molar-refractivity contribution in [2.24, 2.45) is 5.92 Å². The minimum Gasteiger partial charge on any atom is -0.486 e. The molecule has 1 aromatic carbocycles. The van der Waals surface area contributed by atoms with E-state index in [1.54, 1.807) is 0 Å². The van der Waals surface area contributed by atoms with Gasteiger partial charge in [0.1, 0.15) is 11.4 Å². The predicted molar refractivity (Wildman–Crippen MR) is 67.4 cm³/mol. The normalized spacial score (nSPS) is 23.2. The summed E-state index contributed by atoms with van der Waals surface area (Å²) in [5.74, 6) is 0.798. The second-order valence-electron chi connectivity index (χ2n) is 4.43. The Kier molecular flexibility index (Phi) is 2.53. The van der Waals surface area contributed by atoms with Crippen LogP contribution in [0.4, 0.5) is 0 Å². The average molecular weight is 316 g/mol. The fraction of sp³-hybridized carbons (Fsp3) is 0.417. The van der Waals surface area contributed by atoms with Crippen LogP contribution in [0.1, 0.15) is 31.1 Å². The number of hydrogen-bond donors (Lipinski definition) is 0. The van der Waals surface area contributed by atoms with Crippen molar-refractivity contribution < 1.29 is 9.53 Å². The van der Waals surface area contributed by atoms with Crippen LogP contribution in [0, 0.1) is 9.49 Å². The lowest BCUT2D eigenvalue weighted by atomic mass is 9.83. The summed E-state index contributed by atoms with van der Waals surface area (Å²) in [6, 6.07) is 5.73. The monoisotopic (exact) mass is 316 g/mol. The summed E-state index contributed by atoms with van der Waals surface area (Å²) in [6.07, 6.45) is 0. The Morgan fingerprint density at radius 2 is 2.07 bits per heavy atom. The van der Waals surface area contributed by atoms with Crippen LogP contribution in [0.25, 0.3) is 0 Å². The van der Waals surface area contributed by atoms with Gasteiger partial charge in [0, 0.05) is 3.57 Å². The first kappa shape index (κ1) is 10.9. The smallest absolute Gasteiger partial charge is 0.173 e. The first-order chi connectivity index (χ1) is 6.92. The summed E-state index contributed by atoms with van der Waals surface area (Å²) in [5, 5.41) is 0. The van der Waals surface area contributed by atoms with Crippen molar-refractivity contribution in [3.05, 3.63) is 27.3 Å². The molecular formula is C12H13IO2. The van der Waals surface area contributed by atoms with Gasteiger partial charge < -0.3 is 4.74 Å². The number of rotatable bonds is 0. The Morgan fingerprint density at radius 3 is 2.73 bits per heavy atom. The minimum absolute atomic E-state index is 0.0943. The molecule has 15 heavy (non-hydrogen) atoms. The summed E-state index contributed by atoms with van der Waals surface area (Å²) in [5.41, 5.74) is 0.311. The highest BCUT2D eigenvalue weighted by Gasteiger charge is 2.39. The molecule has 1 atom stereocenters. The molecule has 1 aliphatic rings. The average Bonchev–Trinajstić information content (AvgIpc) is 2.16. The molecule has 2 nitrogen and oxygen atoms in total. The van der Waals surface area contributed by atoms with Gasteiger partial charge in [-0.05, 0) is 54.6 Å². The van der Waals surface area contributed by atoms with E-state index < -0.39 is 5.60 Å². The van der Waals surface area contributed by atoms with E-state index in [0.717, 1.165) is 3.57 Å². The summed E-state index contributed by atoms with van der Waals surface area (Å²) >= 11 is 2.20. The molecule has 0 fully saturated rings. The second kappa shape index (κ2) is 3.47. The molecule has 0 aromatic heterocycles. The van der Waals surface area contributed by atoms with Gasteiger partial charge in [0.25, 0.3) is 0 Å². The van der Waals surface area contributed by atoms with Crippen molar-refractivity contribution in [3.8, 4) is 5.75 Å². The van der Waals surface area contributed by atoms with E-state index in [0.29, 0.717) is 11.3 Å². The van der Waals surface area contributed by atoms with E-state index in [1.807, 2.05) is 39.0 Å². The van der Waals surface area contributed by atoms with Crippen LogP contribution in [0.2, 0.25) is 0 Å². The Bertz CT molecular complexity index is 424. The van der Waals surface area contributed by atoms with Gasteiger partial charge in [-0.25, -0.2) is 0 Å². The molecule has 1 unspecified atom stereocenters. The number of halogens is 1. The van der Waals surface area contributed by atoms with Crippen LogP contribution < -0.4 is 4.74 Å².